The fourth-order valence-corrected chi connectivity index (χ4v) is 2.45. The lowest BCUT2D eigenvalue weighted by Gasteiger charge is -2.12. The monoisotopic (exact) mass is 386 g/mol. The van der Waals surface area contributed by atoms with Crippen molar-refractivity contribution in [1.29, 1.82) is 0 Å². The molecule has 28 heavy (non-hydrogen) atoms. The van der Waals surface area contributed by atoms with Gasteiger partial charge in [-0.2, -0.15) is 0 Å². The molecular formula is C21H26N2O5. The standard InChI is InChI=1S/C21H26N2O5/c1-4-22-13-15-6-11-18(19(12-15)26-3)28-14-20(24)23-17-9-7-16(8-10-17)21(25)27-5-2/h6-12,22H,4-5,13-14H2,1-3H3,(H,23,24). The van der Waals surface area contributed by atoms with Crippen molar-refractivity contribution in [3.05, 3.63) is 53.6 Å². The van der Waals surface area contributed by atoms with E-state index in [1.54, 1.807) is 44.4 Å². The molecule has 0 saturated carbocycles. The van der Waals surface area contributed by atoms with Gasteiger partial charge in [-0.15, -0.1) is 0 Å². The van der Waals surface area contributed by atoms with Crippen LogP contribution in [0.2, 0.25) is 0 Å². The van der Waals surface area contributed by atoms with E-state index in [9.17, 15) is 9.59 Å². The van der Waals surface area contributed by atoms with Crippen molar-refractivity contribution < 1.29 is 23.8 Å². The number of anilines is 1. The van der Waals surface area contributed by atoms with Crippen molar-refractivity contribution in [3.63, 3.8) is 0 Å². The normalized spacial score (nSPS) is 10.2. The molecule has 0 spiro atoms. The van der Waals surface area contributed by atoms with Crippen LogP contribution < -0.4 is 20.1 Å². The topological polar surface area (TPSA) is 85.9 Å². The second-order valence-electron chi connectivity index (χ2n) is 5.90. The summed E-state index contributed by atoms with van der Waals surface area (Å²) in [6.45, 7) is 5.54. The highest BCUT2D eigenvalue weighted by Crippen LogP contribution is 2.28. The molecule has 0 bridgehead atoms. The highest BCUT2D eigenvalue weighted by Gasteiger charge is 2.10. The largest absolute Gasteiger partial charge is 0.493 e. The fraction of sp³-hybridized carbons (Fsp3) is 0.333. The van der Waals surface area contributed by atoms with E-state index in [1.165, 1.54) is 0 Å². The van der Waals surface area contributed by atoms with E-state index >= 15 is 0 Å². The van der Waals surface area contributed by atoms with Gasteiger partial charge in [-0.25, -0.2) is 4.79 Å². The Kier molecular flexibility index (Phi) is 8.30. The molecule has 1 amide bonds. The van der Waals surface area contributed by atoms with Gasteiger partial charge in [0.1, 0.15) is 0 Å². The molecule has 2 aromatic carbocycles. The summed E-state index contributed by atoms with van der Waals surface area (Å²) in [4.78, 5) is 23.8. The molecule has 150 valence electrons. The highest BCUT2D eigenvalue weighted by molar-refractivity contribution is 5.93. The minimum atomic E-state index is -0.395. The van der Waals surface area contributed by atoms with E-state index in [1.807, 2.05) is 19.1 Å². The molecule has 0 fully saturated rings. The predicted molar refractivity (Wildman–Crippen MR) is 107 cm³/mol. The Morgan fingerprint density at radius 2 is 1.75 bits per heavy atom. The molecule has 2 N–H and O–H groups in total. The summed E-state index contributed by atoms with van der Waals surface area (Å²) in [5.41, 5.74) is 2.06. The molecule has 0 aliphatic heterocycles. The highest BCUT2D eigenvalue weighted by atomic mass is 16.5. The summed E-state index contributed by atoms with van der Waals surface area (Å²) in [6.07, 6.45) is 0. The number of carbonyl (C=O) groups is 2. The second-order valence-corrected chi connectivity index (χ2v) is 5.90. The number of methoxy groups -OCH3 is 1. The van der Waals surface area contributed by atoms with Gasteiger partial charge in [0.2, 0.25) is 0 Å². The Morgan fingerprint density at radius 3 is 2.39 bits per heavy atom. The lowest BCUT2D eigenvalue weighted by Crippen LogP contribution is -2.20. The van der Waals surface area contributed by atoms with Crippen molar-refractivity contribution in [2.45, 2.75) is 20.4 Å². The lowest BCUT2D eigenvalue weighted by atomic mass is 10.2. The van der Waals surface area contributed by atoms with Crippen molar-refractivity contribution in [1.82, 2.24) is 5.32 Å². The van der Waals surface area contributed by atoms with Crippen LogP contribution in [-0.4, -0.2) is 38.7 Å². The van der Waals surface area contributed by atoms with Crippen LogP contribution in [0.25, 0.3) is 0 Å². The zero-order valence-corrected chi connectivity index (χ0v) is 16.4. The number of hydrogen-bond donors (Lipinski definition) is 2. The summed E-state index contributed by atoms with van der Waals surface area (Å²) in [6, 6.07) is 12.1. The molecule has 7 heteroatoms. The Morgan fingerprint density at radius 1 is 1.00 bits per heavy atom. The van der Waals surface area contributed by atoms with E-state index in [0.29, 0.717) is 29.4 Å². The average Bonchev–Trinajstić information content (AvgIpc) is 2.71. The Labute approximate surface area is 165 Å². The number of carbonyl (C=O) groups excluding carboxylic acids is 2. The van der Waals surface area contributed by atoms with Gasteiger partial charge in [0.25, 0.3) is 5.91 Å². The molecule has 0 aromatic heterocycles. The first-order chi connectivity index (χ1) is 13.6. The Hall–Kier alpha value is -3.06. The van der Waals surface area contributed by atoms with E-state index < -0.39 is 5.97 Å². The van der Waals surface area contributed by atoms with Crippen LogP contribution >= 0.6 is 0 Å². The van der Waals surface area contributed by atoms with Gasteiger partial charge in [-0.05, 0) is 55.4 Å². The smallest absolute Gasteiger partial charge is 0.338 e. The predicted octanol–water partition coefficient (Wildman–Crippen LogP) is 3.00. The zero-order chi connectivity index (χ0) is 20.4. The number of hydrogen-bond acceptors (Lipinski definition) is 6. The summed E-state index contributed by atoms with van der Waals surface area (Å²) >= 11 is 0. The van der Waals surface area contributed by atoms with E-state index in [0.717, 1.165) is 18.7 Å². The number of nitrogens with one attached hydrogen (secondary N) is 2. The first-order valence-corrected chi connectivity index (χ1v) is 9.14. The third-order valence-electron chi connectivity index (χ3n) is 3.85. The number of rotatable bonds is 10. The quantitative estimate of drug-likeness (QED) is 0.611. The van der Waals surface area contributed by atoms with E-state index in [2.05, 4.69) is 10.6 Å². The van der Waals surface area contributed by atoms with E-state index in [4.69, 9.17) is 14.2 Å². The molecule has 0 unspecified atom stereocenters. The minimum Gasteiger partial charge on any atom is -0.493 e. The molecule has 0 aliphatic carbocycles. The minimum absolute atomic E-state index is 0.164. The van der Waals surface area contributed by atoms with Gasteiger partial charge in [-0.1, -0.05) is 13.0 Å². The number of ether oxygens (including phenoxy) is 3. The van der Waals surface area contributed by atoms with Crippen LogP contribution in [0.15, 0.2) is 42.5 Å². The van der Waals surface area contributed by atoms with Gasteiger partial charge in [0, 0.05) is 12.2 Å². The SMILES string of the molecule is CCNCc1ccc(OCC(=O)Nc2ccc(C(=O)OCC)cc2)c(OC)c1. The average molecular weight is 386 g/mol. The molecule has 2 rings (SSSR count). The third-order valence-corrected chi connectivity index (χ3v) is 3.85. The molecule has 0 radical (unpaired) electrons. The number of esters is 1. The first kappa shape index (κ1) is 21.2. The molecule has 0 atom stereocenters. The summed E-state index contributed by atoms with van der Waals surface area (Å²) in [5.74, 6) is 0.355. The number of amides is 1. The van der Waals surface area contributed by atoms with Crippen molar-refractivity contribution in [2.75, 3.05) is 32.2 Å². The lowest BCUT2D eigenvalue weighted by molar-refractivity contribution is -0.118. The van der Waals surface area contributed by atoms with Crippen LogP contribution in [0.3, 0.4) is 0 Å². The van der Waals surface area contributed by atoms with E-state index in [-0.39, 0.29) is 12.5 Å². The maximum Gasteiger partial charge on any atom is 0.338 e. The summed E-state index contributed by atoms with van der Waals surface area (Å²) in [7, 11) is 1.56. The Balaban J connectivity index is 1.90. The zero-order valence-electron chi connectivity index (χ0n) is 16.4. The molecule has 0 aliphatic rings. The molecular weight excluding hydrogens is 360 g/mol. The number of benzene rings is 2. The fourth-order valence-electron chi connectivity index (χ4n) is 2.45. The van der Waals surface area contributed by atoms with Gasteiger partial charge >= 0.3 is 5.97 Å². The van der Waals surface area contributed by atoms with Crippen LogP contribution in [-0.2, 0) is 16.1 Å². The van der Waals surface area contributed by atoms with Crippen molar-refractivity contribution in [3.8, 4) is 11.5 Å². The van der Waals surface area contributed by atoms with Crippen LogP contribution in [0.5, 0.6) is 11.5 Å². The Bertz CT molecular complexity index is 790. The maximum absolute atomic E-state index is 12.1. The third kappa shape index (κ3) is 6.28. The van der Waals surface area contributed by atoms with Crippen LogP contribution in [0, 0.1) is 0 Å². The van der Waals surface area contributed by atoms with Crippen molar-refractivity contribution in [2.24, 2.45) is 0 Å². The van der Waals surface area contributed by atoms with Gasteiger partial charge < -0.3 is 24.8 Å². The van der Waals surface area contributed by atoms with Crippen molar-refractivity contribution >= 4 is 17.6 Å². The first-order valence-electron chi connectivity index (χ1n) is 9.14. The molecule has 0 saturated heterocycles. The van der Waals surface area contributed by atoms with Crippen LogP contribution in [0.4, 0.5) is 5.69 Å². The van der Waals surface area contributed by atoms with Gasteiger partial charge in [0.15, 0.2) is 18.1 Å². The summed E-state index contributed by atoms with van der Waals surface area (Å²) < 4.78 is 15.9. The summed E-state index contributed by atoms with van der Waals surface area (Å²) in [5, 5.41) is 5.96. The van der Waals surface area contributed by atoms with Crippen LogP contribution in [0.1, 0.15) is 29.8 Å². The molecule has 0 heterocycles. The van der Waals surface area contributed by atoms with Gasteiger partial charge in [0.05, 0.1) is 19.3 Å². The second kappa shape index (κ2) is 10.9. The van der Waals surface area contributed by atoms with Gasteiger partial charge in [-0.3, -0.25) is 4.79 Å². The molecule has 2 aromatic rings. The molecule has 7 nitrogen and oxygen atoms in total. The maximum atomic E-state index is 12.1.